The van der Waals surface area contributed by atoms with Crippen LogP contribution in [-0.2, 0) is 11.2 Å². The summed E-state index contributed by atoms with van der Waals surface area (Å²) >= 11 is 0. The zero-order chi connectivity index (χ0) is 11.6. The van der Waals surface area contributed by atoms with Gasteiger partial charge in [-0.2, -0.15) is 0 Å². The first kappa shape index (κ1) is 11.2. The van der Waals surface area contributed by atoms with E-state index in [1.54, 1.807) is 0 Å². The Hall–Kier alpha value is -1.31. The Morgan fingerprint density at radius 2 is 2.06 bits per heavy atom. The third-order valence-electron chi connectivity index (χ3n) is 3.83. The van der Waals surface area contributed by atoms with E-state index in [-0.39, 0.29) is 17.4 Å². The summed E-state index contributed by atoms with van der Waals surface area (Å²) in [6.07, 6.45) is 2.65. The highest BCUT2D eigenvalue weighted by atomic mass is 16.2. The number of carbonyl (C=O) groups is 1. The molecule has 2 rings (SSSR count). The van der Waals surface area contributed by atoms with Crippen LogP contribution in [0.15, 0.2) is 30.3 Å². The molecule has 2 unspecified atom stereocenters. The summed E-state index contributed by atoms with van der Waals surface area (Å²) in [5, 5.41) is 3.10. The zero-order valence-corrected chi connectivity index (χ0v) is 9.99. The molecule has 1 aromatic rings. The number of hydrogen-bond acceptors (Lipinski definition) is 1. The maximum Gasteiger partial charge on any atom is 0.220 e. The number of rotatable bonds is 3. The van der Waals surface area contributed by atoms with Gasteiger partial charge in [-0.3, -0.25) is 4.79 Å². The van der Waals surface area contributed by atoms with Gasteiger partial charge in [0, 0.05) is 12.5 Å². The second-order valence-electron chi connectivity index (χ2n) is 4.99. The summed E-state index contributed by atoms with van der Waals surface area (Å²) in [4.78, 5) is 11.5. The molecule has 0 aliphatic carbocycles. The fraction of sp³-hybridized carbons (Fsp3) is 0.500. The number of benzene rings is 1. The van der Waals surface area contributed by atoms with Gasteiger partial charge in [0.1, 0.15) is 0 Å². The van der Waals surface area contributed by atoms with E-state index < -0.39 is 0 Å². The lowest BCUT2D eigenvalue weighted by Gasteiger charge is -2.28. The first-order valence-electron chi connectivity index (χ1n) is 5.97. The van der Waals surface area contributed by atoms with Gasteiger partial charge in [0.15, 0.2) is 0 Å². The quantitative estimate of drug-likeness (QED) is 0.828. The summed E-state index contributed by atoms with van der Waals surface area (Å²) in [5.74, 6) is 0.199. The molecule has 1 heterocycles. The molecular formula is C14H19NO. The fourth-order valence-corrected chi connectivity index (χ4v) is 2.43. The molecule has 2 heteroatoms. The van der Waals surface area contributed by atoms with E-state index in [2.05, 4.69) is 43.4 Å². The molecule has 0 aromatic heterocycles. The maximum atomic E-state index is 11.5. The fourth-order valence-electron chi connectivity index (χ4n) is 2.43. The molecule has 16 heavy (non-hydrogen) atoms. The lowest BCUT2D eigenvalue weighted by Crippen LogP contribution is -2.36. The van der Waals surface area contributed by atoms with Crippen LogP contribution in [0.1, 0.15) is 32.3 Å². The molecule has 1 amide bonds. The van der Waals surface area contributed by atoms with Crippen molar-refractivity contribution in [2.24, 2.45) is 5.41 Å². The van der Waals surface area contributed by atoms with E-state index in [1.165, 1.54) is 5.56 Å². The molecule has 86 valence electrons. The zero-order valence-electron chi connectivity index (χ0n) is 9.99. The molecule has 2 nitrogen and oxygen atoms in total. The van der Waals surface area contributed by atoms with E-state index in [9.17, 15) is 4.79 Å². The normalized spacial score (nSPS) is 29.1. The molecule has 0 saturated carbocycles. The minimum Gasteiger partial charge on any atom is -0.352 e. The minimum absolute atomic E-state index is 0.118. The lowest BCUT2D eigenvalue weighted by molar-refractivity contribution is -0.119. The Balaban J connectivity index is 2.12. The summed E-state index contributed by atoms with van der Waals surface area (Å²) in [6.45, 7) is 4.37. The van der Waals surface area contributed by atoms with Crippen molar-refractivity contribution in [2.45, 2.75) is 39.2 Å². The Morgan fingerprint density at radius 1 is 1.38 bits per heavy atom. The molecule has 1 fully saturated rings. The van der Waals surface area contributed by atoms with Gasteiger partial charge in [0.05, 0.1) is 0 Å². The molecule has 2 atom stereocenters. The van der Waals surface area contributed by atoms with Gasteiger partial charge in [-0.15, -0.1) is 0 Å². The van der Waals surface area contributed by atoms with E-state index in [1.807, 2.05) is 6.07 Å². The van der Waals surface area contributed by atoms with Crippen molar-refractivity contribution in [1.82, 2.24) is 5.32 Å². The summed E-state index contributed by atoms with van der Waals surface area (Å²) < 4.78 is 0. The standard InChI is InChI=1S/C14H19NO/c1-3-14(2)10-13(16)15-12(14)9-11-7-5-4-6-8-11/h4-8,12H,3,9-10H2,1-2H3,(H,15,16). The molecule has 1 saturated heterocycles. The van der Waals surface area contributed by atoms with Crippen molar-refractivity contribution in [3.63, 3.8) is 0 Å². The summed E-state index contributed by atoms with van der Waals surface area (Å²) in [6, 6.07) is 10.7. The van der Waals surface area contributed by atoms with Gasteiger partial charge in [-0.05, 0) is 23.8 Å². The van der Waals surface area contributed by atoms with Gasteiger partial charge in [-0.1, -0.05) is 44.2 Å². The topological polar surface area (TPSA) is 29.1 Å². The first-order valence-corrected chi connectivity index (χ1v) is 5.97. The number of nitrogens with one attached hydrogen (secondary N) is 1. The van der Waals surface area contributed by atoms with Gasteiger partial charge >= 0.3 is 0 Å². The van der Waals surface area contributed by atoms with E-state index >= 15 is 0 Å². The third kappa shape index (κ3) is 2.11. The average Bonchev–Trinajstić information content (AvgIpc) is 2.56. The lowest BCUT2D eigenvalue weighted by atomic mass is 9.78. The van der Waals surface area contributed by atoms with Crippen molar-refractivity contribution in [3.05, 3.63) is 35.9 Å². The van der Waals surface area contributed by atoms with Crippen LogP contribution >= 0.6 is 0 Å². The van der Waals surface area contributed by atoms with Crippen molar-refractivity contribution < 1.29 is 4.79 Å². The van der Waals surface area contributed by atoms with Crippen LogP contribution in [0.4, 0.5) is 0 Å². The largest absolute Gasteiger partial charge is 0.352 e. The predicted octanol–water partition coefficient (Wildman–Crippen LogP) is 2.53. The second-order valence-corrected chi connectivity index (χ2v) is 4.99. The van der Waals surface area contributed by atoms with Crippen LogP contribution in [-0.4, -0.2) is 11.9 Å². The number of amides is 1. The molecule has 1 aliphatic rings. The molecule has 0 radical (unpaired) electrons. The van der Waals surface area contributed by atoms with Gasteiger partial charge in [-0.25, -0.2) is 0 Å². The molecule has 1 aromatic carbocycles. The van der Waals surface area contributed by atoms with Crippen molar-refractivity contribution >= 4 is 5.91 Å². The van der Waals surface area contributed by atoms with Crippen LogP contribution in [0.2, 0.25) is 0 Å². The minimum atomic E-state index is 0.118. The van der Waals surface area contributed by atoms with E-state index in [4.69, 9.17) is 0 Å². The van der Waals surface area contributed by atoms with Crippen molar-refractivity contribution in [2.75, 3.05) is 0 Å². The average molecular weight is 217 g/mol. The van der Waals surface area contributed by atoms with Gasteiger partial charge < -0.3 is 5.32 Å². The molecule has 1 aliphatic heterocycles. The molecule has 1 N–H and O–H groups in total. The van der Waals surface area contributed by atoms with E-state index in [0.717, 1.165) is 12.8 Å². The predicted molar refractivity (Wildman–Crippen MR) is 65.1 cm³/mol. The van der Waals surface area contributed by atoms with Crippen LogP contribution in [0.5, 0.6) is 0 Å². The summed E-state index contributed by atoms with van der Waals surface area (Å²) in [7, 11) is 0. The summed E-state index contributed by atoms with van der Waals surface area (Å²) in [5.41, 5.74) is 1.42. The first-order chi connectivity index (χ1) is 7.64. The maximum absolute atomic E-state index is 11.5. The molecule has 0 spiro atoms. The molecule has 0 bridgehead atoms. The Kier molecular flexibility index (Phi) is 2.99. The molecular weight excluding hydrogens is 198 g/mol. The highest BCUT2D eigenvalue weighted by Gasteiger charge is 2.41. The Labute approximate surface area is 97.1 Å². The van der Waals surface area contributed by atoms with Crippen LogP contribution in [0, 0.1) is 5.41 Å². The number of carbonyl (C=O) groups excluding carboxylic acids is 1. The van der Waals surface area contributed by atoms with Crippen molar-refractivity contribution in [3.8, 4) is 0 Å². The number of hydrogen-bond donors (Lipinski definition) is 1. The SMILES string of the molecule is CCC1(C)CC(=O)NC1Cc1ccccc1. The van der Waals surface area contributed by atoms with Crippen LogP contribution in [0.3, 0.4) is 0 Å². The smallest absolute Gasteiger partial charge is 0.220 e. The Morgan fingerprint density at radius 3 is 2.69 bits per heavy atom. The van der Waals surface area contributed by atoms with Gasteiger partial charge in [0.2, 0.25) is 5.91 Å². The third-order valence-corrected chi connectivity index (χ3v) is 3.83. The van der Waals surface area contributed by atoms with Crippen LogP contribution < -0.4 is 5.32 Å². The van der Waals surface area contributed by atoms with E-state index in [0.29, 0.717) is 6.42 Å². The highest BCUT2D eigenvalue weighted by molar-refractivity contribution is 5.79. The van der Waals surface area contributed by atoms with Crippen LogP contribution in [0.25, 0.3) is 0 Å². The Bertz CT molecular complexity index is 374. The highest BCUT2D eigenvalue weighted by Crippen LogP contribution is 2.36. The monoisotopic (exact) mass is 217 g/mol. The van der Waals surface area contributed by atoms with Gasteiger partial charge in [0.25, 0.3) is 0 Å². The second kappa shape index (κ2) is 4.28. The van der Waals surface area contributed by atoms with Crippen molar-refractivity contribution in [1.29, 1.82) is 0 Å².